The van der Waals surface area contributed by atoms with E-state index in [0.29, 0.717) is 0 Å². The van der Waals surface area contributed by atoms with Crippen LogP contribution in [0.1, 0.15) is 12.5 Å². The zero-order valence-corrected chi connectivity index (χ0v) is 9.32. The van der Waals surface area contributed by atoms with Crippen molar-refractivity contribution in [3.8, 4) is 0 Å². The summed E-state index contributed by atoms with van der Waals surface area (Å²) < 4.78 is 1.99. The van der Waals surface area contributed by atoms with E-state index in [-0.39, 0.29) is 0 Å². The summed E-state index contributed by atoms with van der Waals surface area (Å²) in [5, 5.41) is 7.57. The van der Waals surface area contributed by atoms with Gasteiger partial charge in [-0.05, 0) is 20.6 Å². The van der Waals surface area contributed by atoms with Gasteiger partial charge in [0, 0.05) is 24.8 Å². The molecule has 1 N–H and O–H groups in total. The molecular weight excluding hydrogens is 176 g/mol. The first-order valence-corrected chi connectivity index (χ1v) is 5.09. The van der Waals surface area contributed by atoms with E-state index in [9.17, 15) is 0 Å². The summed E-state index contributed by atoms with van der Waals surface area (Å²) in [4.78, 5) is 2.16. The normalized spacial score (nSPS) is 11.1. The van der Waals surface area contributed by atoms with E-state index in [2.05, 4.69) is 42.5 Å². The Hall–Kier alpha value is -0.870. The Morgan fingerprint density at radius 1 is 1.50 bits per heavy atom. The average molecular weight is 196 g/mol. The second kappa shape index (κ2) is 5.78. The number of nitrogens with zero attached hydrogens (tertiary/aromatic N) is 3. The molecule has 0 saturated carbocycles. The lowest BCUT2D eigenvalue weighted by Gasteiger charge is -2.08. The molecule has 4 nitrogen and oxygen atoms in total. The molecule has 0 fully saturated rings. The molecule has 0 aliphatic heterocycles. The fourth-order valence-corrected chi connectivity index (χ4v) is 1.19. The van der Waals surface area contributed by atoms with Crippen LogP contribution in [0.15, 0.2) is 12.4 Å². The van der Waals surface area contributed by atoms with Gasteiger partial charge in [-0.1, -0.05) is 6.92 Å². The maximum absolute atomic E-state index is 4.29. The summed E-state index contributed by atoms with van der Waals surface area (Å²) in [7, 11) is 4.14. The van der Waals surface area contributed by atoms with Crippen LogP contribution in [0.2, 0.25) is 0 Å². The predicted octanol–water partition coefficient (Wildman–Crippen LogP) is 0.554. The lowest BCUT2D eigenvalue weighted by molar-refractivity contribution is 0.373. The van der Waals surface area contributed by atoms with Crippen molar-refractivity contribution in [1.29, 1.82) is 0 Å². The van der Waals surface area contributed by atoms with Crippen LogP contribution in [0, 0.1) is 0 Å². The molecule has 0 unspecified atom stereocenters. The maximum Gasteiger partial charge on any atom is 0.0536 e. The molecule has 0 radical (unpaired) electrons. The quantitative estimate of drug-likeness (QED) is 0.721. The molecule has 1 heterocycles. The summed E-state index contributed by atoms with van der Waals surface area (Å²) in [6.45, 7) is 6.01. The highest BCUT2D eigenvalue weighted by Crippen LogP contribution is 1.96. The first kappa shape index (κ1) is 11.2. The third kappa shape index (κ3) is 3.89. The van der Waals surface area contributed by atoms with Gasteiger partial charge in [0.05, 0.1) is 12.7 Å². The molecule has 80 valence electrons. The standard InChI is InChI=1S/C10H20N4/c1-4-11-7-10-8-12-14(9-10)6-5-13(2)3/h8-9,11H,4-7H2,1-3H3. The fraction of sp³-hybridized carbons (Fsp3) is 0.700. The van der Waals surface area contributed by atoms with Crippen molar-refractivity contribution in [2.24, 2.45) is 0 Å². The van der Waals surface area contributed by atoms with Gasteiger partial charge in [0.15, 0.2) is 0 Å². The summed E-state index contributed by atoms with van der Waals surface area (Å²) >= 11 is 0. The Bertz CT molecular complexity index is 254. The predicted molar refractivity (Wildman–Crippen MR) is 58.2 cm³/mol. The highest BCUT2D eigenvalue weighted by atomic mass is 15.3. The molecule has 14 heavy (non-hydrogen) atoms. The van der Waals surface area contributed by atoms with Crippen molar-refractivity contribution in [3.63, 3.8) is 0 Å². The minimum atomic E-state index is 0.915. The van der Waals surface area contributed by atoms with Gasteiger partial charge in [-0.25, -0.2) is 0 Å². The topological polar surface area (TPSA) is 33.1 Å². The van der Waals surface area contributed by atoms with Crippen LogP contribution in [0.5, 0.6) is 0 Å². The van der Waals surface area contributed by atoms with Gasteiger partial charge in [0.1, 0.15) is 0 Å². The first-order valence-electron chi connectivity index (χ1n) is 5.09. The summed E-state index contributed by atoms with van der Waals surface area (Å²) in [6, 6.07) is 0. The van der Waals surface area contributed by atoms with E-state index in [4.69, 9.17) is 0 Å². The maximum atomic E-state index is 4.29. The van der Waals surface area contributed by atoms with Crippen LogP contribution < -0.4 is 5.32 Å². The van der Waals surface area contributed by atoms with Gasteiger partial charge in [0.2, 0.25) is 0 Å². The molecule has 0 saturated heterocycles. The Balaban J connectivity index is 2.35. The molecule has 0 amide bonds. The average Bonchev–Trinajstić information content (AvgIpc) is 2.59. The van der Waals surface area contributed by atoms with E-state index in [1.165, 1.54) is 5.56 Å². The fourth-order valence-electron chi connectivity index (χ4n) is 1.19. The Morgan fingerprint density at radius 3 is 2.93 bits per heavy atom. The Kier molecular flexibility index (Phi) is 4.62. The number of hydrogen-bond acceptors (Lipinski definition) is 3. The van der Waals surface area contributed by atoms with Crippen molar-refractivity contribution in [3.05, 3.63) is 18.0 Å². The van der Waals surface area contributed by atoms with Crippen LogP contribution in [-0.4, -0.2) is 41.9 Å². The molecule has 0 aliphatic carbocycles. The van der Waals surface area contributed by atoms with Crippen LogP contribution in [0.4, 0.5) is 0 Å². The number of likely N-dealkylation sites (N-methyl/N-ethyl adjacent to an activating group) is 1. The number of nitrogens with one attached hydrogen (secondary N) is 1. The zero-order chi connectivity index (χ0) is 10.4. The van der Waals surface area contributed by atoms with E-state index in [0.717, 1.165) is 26.2 Å². The summed E-state index contributed by atoms with van der Waals surface area (Å²) in [6.07, 6.45) is 4.03. The van der Waals surface area contributed by atoms with E-state index < -0.39 is 0 Å². The minimum absolute atomic E-state index is 0.915. The van der Waals surface area contributed by atoms with Gasteiger partial charge in [0.25, 0.3) is 0 Å². The molecule has 0 spiro atoms. The van der Waals surface area contributed by atoms with Gasteiger partial charge in [-0.2, -0.15) is 5.10 Å². The van der Waals surface area contributed by atoms with E-state index in [1.54, 1.807) is 0 Å². The van der Waals surface area contributed by atoms with Crippen LogP contribution >= 0.6 is 0 Å². The largest absolute Gasteiger partial charge is 0.313 e. The molecule has 0 bridgehead atoms. The molecule has 4 heteroatoms. The Labute approximate surface area is 85.9 Å². The lowest BCUT2D eigenvalue weighted by Crippen LogP contribution is -2.18. The molecule has 1 rings (SSSR count). The smallest absolute Gasteiger partial charge is 0.0536 e. The highest BCUT2D eigenvalue weighted by Gasteiger charge is 1.97. The molecule has 1 aromatic rings. The number of rotatable bonds is 6. The van der Waals surface area contributed by atoms with Crippen molar-refractivity contribution < 1.29 is 0 Å². The van der Waals surface area contributed by atoms with Crippen LogP contribution in [0.25, 0.3) is 0 Å². The summed E-state index contributed by atoms with van der Waals surface area (Å²) in [5.41, 5.74) is 1.26. The van der Waals surface area contributed by atoms with Crippen LogP contribution in [0.3, 0.4) is 0 Å². The SMILES string of the molecule is CCNCc1cnn(CCN(C)C)c1. The van der Waals surface area contributed by atoms with E-state index in [1.807, 2.05) is 10.9 Å². The third-order valence-electron chi connectivity index (χ3n) is 2.04. The highest BCUT2D eigenvalue weighted by molar-refractivity contribution is 5.03. The van der Waals surface area contributed by atoms with Gasteiger partial charge >= 0.3 is 0 Å². The molecular formula is C10H20N4. The van der Waals surface area contributed by atoms with Crippen molar-refractivity contribution >= 4 is 0 Å². The van der Waals surface area contributed by atoms with Crippen molar-refractivity contribution in [2.45, 2.75) is 20.0 Å². The van der Waals surface area contributed by atoms with Gasteiger partial charge < -0.3 is 10.2 Å². The minimum Gasteiger partial charge on any atom is -0.313 e. The molecule has 1 aromatic heterocycles. The molecule has 0 aromatic carbocycles. The van der Waals surface area contributed by atoms with Gasteiger partial charge in [-0.15, -0.1) is 0 Å². The second-order valence-electron chi connectivity index (χ2n) is 3.70. The van der Waals surface area contributed by atoms with Gasteiger partial charge in [-0.3, -0.25) is 4.68 Å². The first-order chi connectivity index (χ1) is 6.72. The van der Waals surface area contributed by atoms with Crippen molar-refractivity contribution in [2.75, 3.05) is 27.2 Å². The Morgan fingerprint density at radius 2 is 2.29 bits per heavy atom. The van der Waals surface area contributed by atoms with Crippen LogP contribution in [-0.2, 0) is 13.1 Å². The second-order valence-corrected chi connectivity index (χ2v) is 3.70. The lowest BCUT2D eigenvalue weighted by atomic mass is 10.3. The number of aromatic nitrogens is 2. The third-order valence-corrected chi connectivity index (χ3v) is 2.04. The zero-order valence-electron chi connectivity index (χ0n) is 9.32. The molecule has 0 atom stereocenters. The molecule has 0 aliphatic rings. The number of hydrogen-bond donors (Lipinski definition) is 1. The summed E-state index contributed by atoms with van der Waals surface area (Å²) in [5.74, 6) is 0. The van der Waals surface area contributed by atoms with E-state index >= 15 is 0 Å². The monoisotopic (exact) mass is 196 g/mol. The van der Waals surface area contributed by atoms with Crippen molar-refractivity contribution in [1.82, 2.24) is 20.0 Å².